The maximum Gasteiger partial charge on any atom is 0.329 e. The van der Waals surface area contributed by atoms with Crippen molar-refractivity contribution in [2.45, 2.75) is 25.7 Å². The van der Waals surface area contributed by atoms with E-state index in [0.29, 0.717) is 17.7 Å². The summed E-state index contributed by atoms with van der Waals surface area (Å²) in [7, 11) is 0. The third-order valence-electron chi connectivity index (χ3n) is 3.57. The van der Waals surface area contributed by atoms with Crippen molar-refractivity contribution in [2.24, 2.45) is 11.8 Å². The van der Waals surface area contributed by atoms with Gasteiger partial charge in [0, 0.05) is 13.1 Å². The molecule has 1 heterocycles. The largest absolute Gasteiger partial charge is 0.350 e. The first-order chi connectivity index (χ1) is 9.13. The second kappa shape index (κ2) is 4.92. The molecule has 7 heteroatoms. The Bertz CT molecular complexity index is 489. The summed E-state index contributed by atoms with van der Waals surface area (Å²) in [4.78, 5) is 20.5. The summed E-state index contributed by atoms with van der Waals surface area (Å²) in [6.07, 6.45) is 6.01. The van der Waals surface area contributed by atoms with Crippen molar-refractivity contribution in [3.8, 4) is 0 Å². The molecule has 2 fully saturated rings. The van der Waals surface area contributed by atoms with E-state index in [4.69, 9.17) is 11.6 Å². The maximum atomic E-state index is 11.1. The van der Waals surface area contributed by atoms with E-state index >= 15 is 0 Å². The van der Waals surface area contributed by atoms with Crippen molar-refractivity contribution in [1.82, 2.24) is 9.97 Å². The van der Waals surface area contributed by atoms with Crippen molar-refractivity contribution in [3.05, 3.63) is 21.6 Å². The fraction of sp³-hybridized carbons (Fsp3) is 0.667. The molecule has 102 valence electrons. The monoisotopic (exact) mass is 282 g/mol. The van der Waals surface area contributed by atoms with Crippen LogP contribution in [0.5, 0.6) is 0 Å². The number of halogens is 1. The van der Waals surface area contributed by atoms with Crippen LogP contribution in [0, 0.1) is 22.0 Å². The molecule has 1 aromatic heterocycles. The smallest absolute Gasteiger partial charge is 0.329 e. The van der Waals surface area contributed by atoms with Crippen LogP contribution in [0.15, 0.2) is 6.20 Å². The Hall–Kier alpha value is -1.43. The molecule has 2 aliphatic rings. The molecule has 2 saturated carbocycles. The summed E-state index contributed by atoms with van der Waals surface area (Å²) in [5, 5.41) is 11.2. The molecule has 2 aliphatic carbocycles. The highest BCUT2D eigenvalue weighted by atomic mass is 35.5. The van der Waals surface area contributed by atoms with Gasteiger partial charge in [-0.25, -0.2) is 4.98 Å². The highest BCUT2D eigenvalue weighted by Crippen LogP contribution is 2.37. The Labute approximate surface area is 115 Å². The van der Waals surface area contributed by atoms with Gasteiger partial charge in [-0.05, 0) is 49.1 Å². The van der Waals surface area contributed by atoms with Crippen molar-refractivity contribution < 1.29 is 4.92 Å². The van der Waals surface area contributed by atoms with Crippen LogP contribution < -0.4 is 4.90 Å². The summed E-state index contributed by atoms with van der Waals surface area (Å²) < 4.78 is 0. The summed E-state index contributed by atoms with van der Waals surface area (Å²) in [6.45, 7) is 1.68. The number of rotatable bonds is 6. The summed E-state index contributed by atoms with van der Waals surface area (Å²) >= 11 is 5.80. The Morgan fingerprint density at radius 3 is 2.37 bits per heavy atom. The van der Waals surface area contributed by atoms with Crippen molar-refractivity contribution in [1.29, 1.82) is 0 Å². The Morgan fingerprint density at radius 1 is 1.32 bits per heavy atom. The molecule has 0 spiro atoms. The van der Waals surface area contributed by atoms with Crippen LogP contribution in [0.1, 0.15) is 25.7 Å². The standard InChI is InChI=1S/C12H15ClN4O2/c13-12-14-5-10(17(18)19)11(15-12)16(6-8-1-2-8)7-9-3-4-9/h5,8-9H,1-4,6-7H2. The topological polar surface area (TPSA) is 72.2 Å². The minimum absolute atomic E-state index is 0.0503. The van der Waals surface area contributed by atoms with Gasteiger partial charge in [-0.2, -0.15) is 4.98 Å². The highest BCUT2D eigenvalue weighted by Gasteiger charge is 2.33. The van der Waals surface area contributed by atoms with Crippen LogP contribution in [0.4, 0.5) is 11.5 Å². The van der Waals surface area contributed by atoms with Gasteiger partial charge in [0.25, 0.3) is 0 Å². The molecule has 0 N–H and O–H groups in total. The van der Waals surface area contributed by atoms with Crippen LogP contribution in [0.3, 0.4) is 0 Å². The van der Waals surface area contributed by atoms with Crippen LogP contribution >= 0.6 is 11.6 Å². The van der Waals surface area contributed by atoms with E-state index in [2.05, 4.69) is 9.97 Å². The van der Waals surface area contributed by atoms with Crippen molar-refractivity contribution in [2.75, 3.05) is 18.0 Å². The van der Waals surface area contributed by atoms with E-state index in [9.17, 15) is 10.1 Å². The molecule has 0 saturated heterocycles. The van der Waals surface area contributed by atoms with E-state index in [0.717, 1.165) is 13.1 Å². The van der Waals surface area contributed by atoms with Gasteiger partial charge < -0.3 is 4.90 Å². The molecule has 0 atom stereocenters. The maximum absolute atomic E-state index is 11.1. The Morgan fingerprint density at radius 2 is 1.89 bits per heavy atom. The molecule has 3 rings (SSSR count). The predicted octanol–water partition coefficient (Wildman–Crippen LogP) is 2.66. The van der Waals surface area contributed by atoms with Gasteiger partial charge in [-0.1, -0.05) is 0 Å². The molecule has 0 aromatic carbocycles. The fourth-order valence-corrected chi connectivity index (χ4v) is 2.31. The lowest BCUT2D eigenvalue weighted by Gasteiger charge is -2.23. The van der Waals surface area contributed by atoms with Gasteiger partial charge >= 0.3 is 5.69 Å². The lowest BCUT2D eigenvalue weighted by molar-refractivity contribution is -0.384. The zero-order valence-electron chi connectivity index (χ0n) is 10.5. The van der Waals surface area contributed by atoms with Gasteiger partial charge in [0.05, 0.1) is 4.92 Å². The minimum atomic E-state index is -0.432. The third-order valence-corrected chi connectivity index (χ3v) is 3.75. The van der Waals surface area contributed by atoms with E-state index < -0.39 is 4.92 Å². The van der Waals surface area contributed by atoms with E-state index in [1.807, 2.05) is 4.90 Å². The third kappa shape index (κ3) is 3.12. The molecule has 19 heavy (non-hydrogen) atoms. The first-order valence-corrected chi connectivity index (χ1v) is 6.93. The minimum Gasteiger partial charge on any atom is -0.350 e. The van der Waals surface area contributed by atoms with Crippen molar-refractivity contribution in [3.63, 3.8) is 0 Å². The Kier molecular flexibility index (Phi) is 3.26. The van der Waals surface area contributed by atoms with Gasteiger partial charge in [-0.15, -0.1) is 0 Å². The number of hydrogen-bond acceptors (Lipinski definition) is 5. The zero-order valence-corrected chi connectivity index (χ0v) is 11.2. The first-order valence-electron chi connectivity index (χ1n) is 6.55. The molecule has 0 aliphatic heterocycles. The first kappa shape index (κ1) is 12.6. The number of hydrogen-bond donors (Lipinski definition) is 0. The Balaban J connectivity index is 1.89. The summed E-state index contributed by atoms with van der Waals surface area (Å²) in [5.41, 5.74) is -0.0503. The van der Waals surface area contributed by atoms with Gasteiger partial charge in [-0.3, -0.25) is 10.1 Å². The normalized spacial score (nSPS) is 18.4. The van der Waals surface area contributed by atoms with E-state index in [1.165, 1.54) is 31.9 Å². The van der Waals surface area contributed by atoms with Gasteiger partial charge in [0.15, 0.2) is 0 Å². The summed E-state index contributed by atoms with van der Waals surface area (Å²) in [6, 6.07) is 0. The second-order valence-corrected chi connectivity index (χ2v) is 5.73. The highest BCUT2D eigenvalue weighted by molar-refractivity contribution is 6.28. The number of aromatic nitrogens is 2. The number of nitro groups is 1. The van der Waals surface area contributed by atoms with Gasteiger partial charge in [0.1, 0.15) is 6.20 Å². The predicted molar refractivity (Wildman–Crippen MR) is 71.4 cm³/mol. The number of anilines is 1. The lowest BCUT2D eigenvalue weighted by atomic mass is 10.3. The fourth-order valence-electron chi connectivity index (χ4n) is 2.18. The van der Waals surface area contributed by atoms with E-state index in [1.54, 1.807) is 0 Å². The van der Waals surface area contributed by atoms with Gasteiger partial charge in [0.2, 0.25) is 11.1 Å². The van der Waals surface area contributed by atoms with E-state index in [-0.39, 0.29) is 11.0 Å². The molecule has 0 radical (unpaired) electrons. The van der Waals surface area contributed by atoms with Crippen LogP contribution in [-0.2, 0) is 0 Å². The lowest BCUT2D eigenvalue weighted by Crippen LogP contribution is -2.29. The molecule has 0 amide bonds. The molecular weight excluding hydrogens is 268 g/mol. The molecule has 0 bridgehead atoms. The quantitative estimate of drug-likeness (QED) is 0.456. The molecular formula is C12H15ClN4O2. The zero-order chi connectivity index (χ0) is 13.4. The molecule has 1 aromatic rings. The SMILES string of the molecule is O=[N+]([O-])c1cnc(Cl)nc1N(CC1CC1)CC1CC1. The average molecular weight is 283 g/mol. The van der Waals surface area contributed by atoms with Crippen molar-refractivity contribution >= 4 is 23.1 Å². The van der Waals surface area contributed by atoms with Crippen LogP contribution in [0.2, 0.25) is 5.28 Å². The molecule has 0 unspecified atom stereocenters. The number of nitrogens with zero attached hydrogens (tertiary/aromatic N) is 4. The van der Waals surface area contributed by atoms with Crippen LogP contribution in [0.25, 0.3) is 0 Å². The average Bonchev–Trinajstić information content (AvgIpc) is 3.22. The summed E-state index contributed by atoms with van der Waals surface area (Å²) in [5.74, 6) is 1.67. The second-order valence-electron chi connectivity index (χ2n) is 5.40. The molecule has 6 nitrogen and oxygen atoms in total. The van der Waals surface area contributed by atoms with Crippen LogP contribution in [-0.4, -0.2) is 28.0 Å².